The molecule has 0 amide bonds. The predicted octanol–water partition coefficient (Wildman–Crippen LogP) is 5.69. The minimum atomic E-state index is -0.374. The van der Waals surface area contributed by atoms with Crippen molar-refractivity contribution in [2.24, 2.45) is 0 Å². The van der Waals surface area contributed by atoms with E-state index in [0.717, 1.165) is 40.0 Å². The van der Waals surface area contributed by atoms with Crippen LogP contribution in [0.1, 0.15) is 33.1 Å². The van der Waals surface area contributed by atoms with Crippen LogP contribution in [0.25, 0.3) is 21.3 Å². The van der Waals surface area contributed by atoms with Crippen molar-refractivity contribution < 1.29 is 4.92 Å². The van der Waals surface area contributed by atoms with Crippen LogP contribution < -0.4 is 4.90 Å². The smallest absolute Gasteiger partial charge is 0.270 e. The lowest BCUT2D eigenvalue weighted by Gasteiger charge is -2.40. The first-order valence-corrected chi connectivity index (χ1v) is 10.2. The summed E-state index contributed by atoms with van der Waals surface area (Å²) < 4.78 is 0. The maximum absolute atomic E-state index is 11.2. The number of hydrogen-bond donors (Lipinski definition) is 0. The maximum atomic E-state index is 11.2. The van der Waals surface area contributed by atoms with Crippen molar-refractivity contribution in [3.05, 3.63) is 45.0 Å². The molecule has 3 heterocycles. The van der Waals surface area contributed by atoms with Gasteiger partial charge in [-0.1, -0.05) is 12.1 Å². The number of benzene rings is 1. The summed E-state index contributed by atoms with van der Waals surface area (Å²) in [5, 5.41) is 14.3. The Morgan fingerprint density at radius 1 is 1.26 bits per heavy atom. The lowest BCUT2D eigenvalue weighted by molar-refractivity contribution is -0.384. The number of piperidine rings is 1. The highest BCUT2D eigenvalue weighted by Crippen LogP contribution is 2.42. The number of nitro benzene ring substituents is 1. The van der Waals surface area contributed by atoms with Crippen LogP contribution in [0, 0.1) is 10.1 Å². The molecule has 1 fully saturated rings. The number of thiophene rings is 1. The molecule has 27 heavy (non-hydrogen) atoms. The van der Waals surface area contributed by atoms with Gasteiger partial charge in [0.05, 0.1) is 10.3 Å². The van der Waals surface area contributed by atoms with Crippen LogP contribution in [-0.2, 0) is 0 Å². The predicted molar refractivity (Wildman–Crippen MR) is 110 cm³/mol. The molecule has 6 nitrogen and oxygen atoms in total. The molecule has 2 atom stereocenters. The topological polar surface area (TPSA) is 72.2 Å². The summed E-state index contributed by atoms with van der Waals surface area (Å²) >= 11 is 7.71. The minimum Gasteiger partial charge on any atom is -0.351 e. The average Bonchev–Trinajstić information content (AvgIpc) is 3.05. The van der Waals surface area contributed by atoms with Crippen LogP contribution in [0.4, 0.5) is 11.5 Å². The monoisotopic (exact) mass is 402 g/mol. The van der Waals surface area contributed by atoms with Gasteiger partial charge in [-0.2, -0.15) is 4.98 Å². The van der Waals surface area contributed by atoms with Gasteiger partial charge in [0.2, 0.25) is 5.28 Å². The highest BCUT2D eigenvalue weighted by Gasteiger charge is 2.29. The number of nitrogens with zero attached hydrogens (tertiary/aromatic N) is 4. The first-order chi connectivity index (χ1) is 13.0. The van der Waals surface area contributed by atoms with Crippen molar-refractivity contribution in [3.8, 4) is 11.1 Å². The third kappa shape index (κ3) is 3.26. The number of nitro groups is 1. The van der Waals surface area contributed by atoms with Crippen LogP contribution in [0.5, 0.6) is 0 Å². The van der Waals surface area contributed by atoms with E-state index in [4.69, 9.17) is 11.6 Å². The Morgan fingerprint density at radius 3 is 2.70 bits per heavy atom. The number of rotatable bonds is 3. The summed E-state index contributed by atoms with van der Waals surface area (Å²) in [5.41, 5.74) is 1.78. The Labute approximate surface area is 166 Å². The second kappa shape index (κ2) is 7.05. The summed E-state index contributed by atoms with van der Waals surface area (Å²) in [5.74, 6) is 0.826. The Bertz CT molecular complexity index is 1010. The zero-order chi connectivity index (χ0) is 19.1. The largest absolute Gasteiger partial charge is 0.351 e. The summed E-state index contributed by atoms with van der Waals surface area (Å²) in [6.45, 7) is 4.41. The van der Waals surface area contributed by atoms with Gasteiger partial charge in [0.25, 0.3) is 5.69 Å². The van der Waals surface area contributed by atoms with Gasteiger partial charge in [0, 0.05) is 35.2 Å². The molecule has 3 aromatic rings. The first-order valence-electron chi connectivity index (χ1n) is 8.93. The van der Waals surface area contributed by atoms with Gasteiger partial charge < -0.3 is 4.90 Å². The SMILES string of the molecule is CC1CCCC(C)N1c1nc(Cl)nc2scc(-c3cccc([N+](=O)[O-])c3)c12. The van der Waals surface area contributed by atoms with Gasteiger partial charge >= 0.3 is 0 Å². The molecule has 0 aliphatic carbocycles. The summed E-state index contributed by atoms with van der Waals surface area (Å²) in [4.78, 5) is 22.9. The second-order valence-electron chi connectivity index (χ2n) is 6.99. The fourth-order valence-corrected chi connectivity index (χ4v) is 5.08. The maximum Gasteiger partial charge on any atom is 0.270 e. The third-order valence-corrected chi connectivity index (χ3v) is 6.23. The van der Waals surface area contributed by atoms with E-state index >= 15 is 0 Å². The molecule has 8 heteroatoms. The summed E-state index contributed by atoms with van der Waals surface area (Å²) in [6.07, 6.45) is 3.40. The molecule has 2 aromatic heterocycles. The second-order valence-corrected chi connectivity index (χ2v) is 8.19. The van der Waals surface area contributed by atoms with E-state index in [1.54, 1.807) is 12.1 Å². The highest BCUT2D eigenvalue weighted by atomic mass is 35.5. The molecule has 0 spiro atoms. The minimum absolute atomic E-state index is 0.0722. The van der Waals surface area contributed by atoms with Crippen molar-refractivity contribution in [1.29, 1.82) is 0 Å². The van der Waals surface area contributed by atoms with E-state index in [0.29, 0.717) is 12.1 Å². The van der Waals surface area contributed by atoms with E-state index in [1.807, 2.05) is 11.4 Å². The molecule has 0 saturated carbocycles. The lowest BCUT2D eigenvalue weighted by atomic mass is 9.96. The molecule has 0 bridgehead atoms. The molecule has 1 aliphatic heterocycles. The van der Waals surface area contributed by atoms with Gasteiger partial charge in [-0.3, -0.25) is 10.1 Å². The van der Waals surface area contributed by atoms with Gasteiger partial charge in [-0.15, -0.1) is 11.3 Å². The standard InChI is InChI=1S/C19H19ClN4O2S/c1-11-5-3-6-12(2)23(11)17-16-15(10-27-18(16)22-19(20)21-17)13-7-4-8-14(9-13)24(25)26/h4,7-12H,3,5-6H2,1-2H3. The van der Waals surface area contributed by atoms with Crippen molar-refractivity contribution in [3.63, 3.8) is 0 Å². The van der Waals surface area contributed by atoms with Crippen LogP contribution in [0.2, 0.25) is 5.28 Å². The molecule has 140 valence electrons. The summed E-state index contributed by atoms with van der Waals surface area (Å²) in [7, 11) is 0. The Morgan fingerprint density at radius 2 is 2.00 bits per heavy atom. The Balaban J connectivity index is 1.94. The molecule has 4 rings (SSSR count). The van der Waals surface area contributed by atoms with E-state index in [-0.39, 0.29) is 15.9 Å². The number of aromatic nitrogens is 2. The molecule has 1 saturated heterocycles. The third-order valence-electron chi connectivity index (χ3n) is 5.19. The van der Waals surface area contributed by atoms with Crippen LogP contribution in [0.15, 0.2) is 29.6 Å². The number of anilines is 1. The average molecular weight is 403 g/mol. The highest BCUT2D eigenvalue weighted by molar-refractivity contribution is 7.17. The van der Waals surface area contributed by atoms with E-state index in [9.17, 15) is 10.1 Å². The fourth-order valence-electron chi connectivity index (χ4n) is 3.92. The van der Waals surface area contributed by atoms with E-state index in [1.165, 1.54) is 23.8 Å². The van der Waals surface area contributed by atoms with Crippen LogP contribution in [-0.4, -0.2) is 27.0 Å². The van der Waals surface area contributed by atoms with E-state index in [2.05, 4.69) is 28.7 Å². The number of fused-ring (bicyclic) bond motifs is 1. The molecular formula is C19H19ClN4O2S. The van der Waals surface area contributed by atoms with Gasteiger partial charge in [0.1, 0.15) is 10.6 Å². The first kappa shape index (κ1) is 18.1. The molecule has 1 aliphatic rings. The Hall–Kier alpha value is -2.25. The van der Waals surface area contributed by atoms with Crippen molar-refractivity contribution in [2.75, 3.05) is 4.90 Å². The normalized spacial score (nSPS) is 20.2. The van der Waals surface area contributed by atoms with Crippen LogP contribution >= 0.6 is 22.9 Å². The Kier molecular flexibility index (Phi) is 4.74. The fraction of sp³-hybridized carbons (Fsp3) is 0.368. The number of non-ortho nitro benzene ring substituents is 1. The van der Waals surface area contributed by atoms with Gasteiger partial charge in [-0.25, -0.2) is 4.98 Å². The zero-order valence-corrected chi connectivity index (χ0v) is 16.6. The number of halogens is 1. The van der Waals surface area contributed by atoms with Crippen molar-refractivity contribution in [1.82, 2.24) is 9.97 Å². The van der Waals surface area contributed by atoms with Crippen LogP contribution in [0.3, 0.4) is 0 Å². The van der Waals surface area contributed by atoms with Crippen molar-refractivity contribution >= 4 is 44.7 Å². The number of hydrogen-bond acceptors (Lipinski definition) is 6. The van der Waals surface area contributed by atoms with Crippen molar-refractivity contribution in [2.45, 2.75) is 45.2 Å². The molecular weight excluding hydrogens is 384 g/mol. The van der Waals surface area contributed by atoms with Gasteiger partial charge in [0.15, 0.2) is 0 Å². The lowest BCUT2D eigenvalue weighted by Crippen LogP contribution is -2.44. The molecule has 0 N–H and O–H groups in total. The van der Waals surface area contributed by atoms with Gasteiger partial charge in [-0.05, 0) is 50.3 Å². The van der Waals surface area contributed by atoms with E-state index < -0.39 is 0 Å². The summed E-state index contributed by atoms with van der Waals surface area (Å²) in [6, 6.07) is 7.39. The molecule has 1 aromatic carbocycles. The molecule has 0 radical (unpaired) electrons. The molecule has 2 unspecified atom stereocenters. The quantitative estimate of drug-likeness (QED) is 0.320. The zero-order valence-electron chi connectivity index (χ0n) is 15.1.